The van der Waals surface area contributed by atoms with E-state index in [4.69, 9.17) is 9.47 Å². The zero-order valence-corrected chi connectivity index (χ0v) is 28.6. The van der Waals surface area contributed by atoms with E-state index in [2.05, 4.69) is 38.1 Å². The number of fused-ring (bicyclic) bond motifs is 1. The Morgan fingerprint density at radius 2 is 1.80 bits per heavy atom. The number of aliphatic hydroxyl groups is 3. The molecule has 5 rings (SSSR count). The molecule has 46 heavy (non-hydrogen) atoms. The van der Waals surface area contributed by atoms with Gasteiger partial charge in [-0.25, -0.2) is 4.79 Å². The summed E-state index contributed by atoms with van der Waals surface area (Å²) in [7, 11) is 0. The van der Waals surface area contributed by atoms with Gasteiger partial charge in [0.1, 0.15) is 12.7 Å². The highest BCUT2D eigenvalue weighted by molar-refractivity contribution is 5.85. The highest BCUT2D eigenvalue weighted by atomic mass is 16.5. The van der Waals surface area contributed by atoms with Crippen molar-refractivity contribution < 1.29 is 34.4 Å². The minimum Gasteiger partial charge on any atom is -0.462 e. The lowest BCUT2D eigenvalue weighted by Crippen LogP contribution is -2.76. The minimum absolute atomic E-state index is 0.210. The quantitative estimate of drug-likeness (QED) is 0.206. The van der Waals surface area contributed by atoms with Gasteiger partial charge in [-0.1, -0.05) is 70.4 Å². The fourth-order valence-electron chi connectivity index (χ4n) is 10.6. The average molecular weight is 639 g/mol. The lowest BCUT2D eigenvalue weighted by Gasteiger charge is -2.70. The number of esters is 2. The van der Waals surface area contributed by atoms with Gasteiger partial charge in [0.25, 0.3) is 0 Å². The van der Waals surface area contributed by atoms with Gasteiger partial charge in [-0.05, 0) is 105 Å². The minimum atomic E-state index is -1.45. The number of hydrogen-bond acceptors (Lipinski definition) is 7. The highest BCUT2D eigenvalue weighted by Crippen LogP contribution is 2.69. The maximum Gasteiger partial charge on any atom is 0.331 e. The van der Waals surface area contributed by atoms with E-state index in [1.165, 1.54) is 18.6 Å². The predicted molar refractivity (Wildman–Crippen MR) is 178 cm³/mol. The SMILES string of the molecule is CC(=O)O[C@@H]1C[C@@H](C)[C@](O)(CCC2=CC(=O)OC2)[C@]2([C@@H](O)CC[C@H](C)CCCc3ccccc3)[C@@H]1[C@](C)(C1CCCC1)CC[C@@H]2O. The van der Waals surface area contributed by atoms with Crippen LogP contribution in [0.5, 0.6) is 0 Å². The van der Waals surface area contributed by atoms with Crippen molar-refractivity contribution >= 4 is 11.9 Å². The first-order valence-electron chi connectivity index (χ1n) is 18.1. The van der Waals surface area contributed by atoms with E-state index >= 15 is 0 Å². The second-order valence-corrected chi connectivity index (χ2v) is 15.6. The molecule has 3 saturated carbocycles. The standard InChI is InChI=1S/C39H58O7/c1-26(11-10-14-29-12-6-5-7-13-29)17-18-33(41)39-34(42)20-21-37(4,31-15-8-9-16-31)36(39)32(46-28(3)40)23-27(2)38(39,44)22-19-30-24-35(43)45-25-30/h5-7,12-13,24,26-27,31-34,36,41-42,44H,8-11,14-23,25H2,1-4H3/t26-,27-,32-,33+,34+,36+,37+,38-,39+/m1/s1. The summed E-state index contributed by atoms with van der Waals surface area (Å²) >= 11 is 0. The van der Waals surface area contributed by atoms with Crippen molar-refractivity contribution in [2.24, 2.45) is 34.5 Å². The number of cyclic esters (lactones) is 1. The van der Waals surface area contributed by atoms with Crippen molar-refractivity contribution in [3.05, 3.63) is 47.5 Å². The summed E-state index contributed by atoms with van der Waals surface area (Å²) in [6, 6.07) is 10.5. The molecule has 3 fully saturated rings. The molecule has 7 nitrogen and oxygen atoms in total. The monoisotopic (exact) mass is 638 g/mol. The second kappa shape index (κ2) is 14.5. The molecule has 4 aliphatic rings. The molecule has 0 radical (unpaired) electrons. The third kappa shape index (κ3) is 6.71. The van der Waals surface area contributed by atoms with Crippen LogP contribution >= 0.6 is 0 Å². The number of benzene rings is 1. The summed E-state index contributed by atoms with van der Waals surface area (Å²) in [5.74, 6) is -0.762. The molecule has 0 spiro atoms. The second-order valence-electron chi connectivity index (χ2n) is 15.6. The normalized spacial score (nSPS) is 36.1. The van der Waals surface area contributed by atoms with Gasteiger partial charge < -0.3 is 24.8 Å². The zero-order chi connectivity index (χ0) is 33.1. The fraction of sp³-hybridized carbons (Fsp3) is 0.744. The van der Waals surface area contributed by atoms with Gasteiger partial charge in [0.15, 0.2) is 0 Å². The van der Waals surface area contributed by atoms with E-state index in [-0.39, 0.29) is 29.9 Å². The Bertz CT molecular complexity index is 1220. The summed E-state index contributed by atoms with van der Waals surface area (Å²) in [4.78, 5) is 24.5. The van der Waals surface area contributed by atoms with Crippen LogP contribution in [0.4, 0.5) is 0 Å². The molecular formula is C39H58O7. The highest BCUT2D eigenvalue weighted by Gasteiger charge is 2.74. The lowest BCUT2D eigenvalue weighted by atomic mass is 9.38. The molecular weight excluding hydrogens is 580 g/mol. The number of rotatable bonds is 13. The number of carbonyl (C=O) groups excluding carboxylic acids is 2. The molecule has 0 saturated heterocycles. The average Bonchev–Trinajstić information content (AvgIpc) is 3.72. The Balaban J connectivity index is 1.49. The molecule has 0 aromatic heterocycles. The Labute approximate surface area is 276 Å². The third-order valence-electron chi connectivity index (χ3n) is 12.9. The predicted octanol–water partition coefficient (Wildman–Crippen LogP) is 6.71. The molecule has 3 aliphatic carbocycles. The Hall–Kier alpha value is -2.22. The summed E-state index contributed by atoms with van der Waals surface area (Å²) in [6.07, 6.45) is 10.2. The van der Waals surface area contributed by atoms with Gasteiger partial charge in [-0.3, -0.25) is 4.79 Å². The van der Waals surface area contributed by atoms with E-state index in [1.807, 2.05) is 13.0 Å². The number of aryl methyl sites for hydroxylation is 1. The van der Waals surface area contributed by atoms with E-state index in [9.17, 15) is 24.9 Å². The number of aliphatic hydroxyl groups excluding tert-OH is 2. The van der Waals surface area contributed by atoms with Crippen molar-refractivity contribution in [2.75, 3.05) is 6.61 Å². The number of hydrogen-bond donors (Lipinski definition) is 3. The van der Waals surface area contributed by atoms with Crippen molar-refractivity contribution in [1.82, 2.24) is 0 Å². The molecule has 0 amide bonds. The molecule has 9 atom stereocenters. The molecule has 1 heterocycles. The third-order valence-corrected chi connectivity index (χ3v) is 12.9. The molecule has 7 heteroatoms. The Morgan fingerprint density at radius 1 is 1.09 bits per heavy atom. The summed E-state index contributed by atoms with van der Waals surface area (Å²) in [5.41, 5.74) is -0.914. The van der Waals surface area contributed by atoms with Crippen LogP contribution in [0.2, 0.25) is 0 Å². The van der Waals surface area contributed by atoms with Gasteiger partial charge in [-0.2, -0.15) is 0 Å². The molecule has 1 aromatic carbocycles. The summed E-state index contributed by atoms with van der Waals surface area (Å²) in [5, 5.41) is 38.2. The summed E-state index contributed by atoms with van der Waals surface area (Å²) < 4.78 is 11.4. The van der Waals surface area contributed by atoms with E-state index in [1.54, 1.807) is 0 Å². The van der Waals surface area contributed by atoms with Gasteiger partial charge in [0.05, 0.1) is 23.2 Å². The number of carbonyl (C=O) groups is 2. The molecule has 1 aromatic rings. The van der Waals surface area contributed by atoms with Crippen LogP contribution in [0.1, 0.15) is 117 Å². The fourth-order valence-corrected chi connectivity index (χ4v) is 10.6. The van der Waals surface area contributed by atoms with E-state index < -0.39 is 35.2 Å². The maximum absolute atomic E-state index is 13.2. The van der Waals surface area contributed by atoms with Crippen molar-refractivity contribution in [1.29, 1.82) is 0 Å². The number of ether oxygens (including phenoxy) is 2. The first-order valence-corrected chi connectivity index (χ1v) is 18.1. The van der Waals surface area contributed by atoms with Crippen LogP contribution in [0.15, 0.2) is 42.0 Å². The van der Waals surface area contributed by atoms with Crippen LogP contribution in [0, 0.1) is 34.5 Å². The molecule has 1 aliphatic heterocycles. The molecule has 256 valence electrons. The maximum atomic E-state index is 13.2. The summed E-state index contributed by atoms with van der Waals surface area (Å²) in [6.45, 7) is 8.14. The molecule has 3 N–H and O–H groups in total. The van der Waals surface area contributed by atoms with Crippen LogP contribution < -0.4 is 0 Å². The largest absolute Gasteiger partial charge is 0.462 e. The first-order chi connectivity index (χ1) is 21.9. The van der Waals surface area contributed by atoms with Crippen molar-refractivity contribution in [3.63, 3.8) is 0 Å². The Kier molecular flexibility index (Phi) is 11.1. The smallest absolute Gasteiger partial charge is 0.331 e. The van der Waals surface area contributed by atoms with Crippen LogP contribution in [0.25, 0.3) is 0 Å². The molecule has 0 unspecified atom stereocenters. The molecule has 0 bridgehead atoms. The van der Waals surface area contributed by atoms with Gasteiger partial charge in [-0.15, -0.1) is 0 Å². The lowest BCUT2D eigenvalue weighted by molar-refractivity contribution is -0.326. The van der Waals surface area contributed by atoms with Crippen LogP contribution in [-0.4, -0.2) is 57.8 Å². The van der Waals surface area contributed by atoms with Gasteiger partial charge in [0.2, 0.25) is 0 Å². The van der Waals surface area contributed by atoms with Gasteiger partial charge >= 0.3 is 11.9 Å². The Morgan fingerprint density at radius 3 is 2.46 bits per heavy atom. The zero-order valence-electron chi connectivity index (χ0n) is 28.6. The van der Waals surface area contributed by atoms with E-state index in [0.717, 1.165) is 63.4 Å². The topological polar surface area (TPSA) is 113 Å². The first kappa shape index (κ1) is 35.1. The van der Waals surface area contributed by atoms with Gasteiger partial charge in [0, 0.05) is 18.9 Å². The van der Waals surface area contributed by atoms with Crippen LogP contribution in [0.3, 0.4) is 0 Å². The van der Waals surface area contributed by atoms with Crippen molar-refractivity contribution in [2.45, 2.75) is 141 Å². The van der Waals surface area contributed by atoms with E-state index in [0.29, 0.717) is 43.9 Å². The van der Waals surface area contributed by atoms with Crippen LogP contribution in [-0.2, 0) is 25.5 Å². The van der Waals surface area contributed by atoms with Crippen molar-refractivity contribution in [3.8, 4) is 0 Å².